The topological polar surface area (TPSA) is 318 Å². The number of carbonyl (C=O) groups is 7. The highest BCUT2D eigenvalue weighted by Gasteiger charge is 2.35. The van der Waals surface area contributed by atoms with E-state index in [-0.39, 0.29) is 56.9 Å². The molecule has 7 amide bonds. The van der Waals surface area contributed by atoms with Crippen LogP contribution in [0.3, 0.4) is 0 Å². The summed E-state index contributed by atoms with van der Waals surface area (Å²) in [6, 6.07) is 13.1. The van der Waals surface area contributed by atoms with E-state index in [0.29, 0.717) is 15.6 Å². The highest BCUT2D eigenvalue weighted by molar-refractivity contribution is 14.1. The zero-order valence-corrected chi connectivity index (χ0v) is 36.7. The first-order chi connectivity index (χ1) is 29.6. The Bertz CT molecular complexity index is 2140. The molecule has 3 aromatic rings. The number of hydrogen-bond donors (Lipinski definition) is 11. The SMILES string of the molecule is CN=C(N)NCCC[C@@H]1NC(=O)[C@@H](CCCNC(=O)CNC(=O)C(N)N)N(C)C(=O)[C@@H](Cc2ccc(O)c(I)c2)NC(=O)CNC(=O)[C@H](Cc2ccc3ccccc3c2)NC1=O. The van der Waals surface area contributed by atoms with E-state index in [1.54, 1.807) is 12.1 Å². The molecule has 1 fully saturated rings. The summed E-state index contributed by atoms with van der Waals surface area (Å²) in [4.78, 5) is 99.6. The lowest BCUT2D eigenvalue weighted by Crippen LogP contribution is -2.58. The number of rotatable bonds is 15. The molecule has 1 aliphatic rings. The molecule has 0 aliphatic carbocycles. The number of carbonyl (C=O) groups excluding carboxylic acids is 7. The number of aromatic hydroxyl groups is 1. The number of phenolic OH excluding ortho intramolecular Hbond substituents is 1. The summed E-state index contributed by atoms with van der Waals surface area (Å²) in [5, 5.41) is 30.8. The van der Waals surface area contributed by atoms with E-state index in [4.69, 9.17) is 17.2 Å². The Morgan fingerprint density at radius 1 is 0.823 bits per heavy atom. The minimum absolute atomic E-state index is 0.0177. The minimum Gasteiger partial charge on any atom is -0.507 e. The van der Waals surface area contributed by atoms with Gasteiger partial charge in [-0.1, -0.05) is 48.5 Å². The summed E-state index contributed by atoms with van der Waals surface area (Å²) in [5.74, 6) is -4.54. The van der Waals surface area contributed by atoms with Crippen molar-refractivity contribution in [3.63, 3.8) is 0 Å². The van der Waals surface area contributed by atoms with Gasteiger partial charge in [-0.25, -0.2) is 0 Å². The number of halogens is 1. The fourth-order valence-corrected chi connectivity index (χ4v) is 7.22. The van der Waals surface area contributed by atoms with Crippen molar-refractivity contribution in [2.45, 2.75) is 68.9 Å². The van der Waals surface area contributed by atoms with Crippen molar-refractivity contribution in [3.8, 4) is 5.75 Å². The molecular weight excluding hydrogens is 915 g/mol. The maximum atomic E-state index is 14.4. The number of fused-ring (bicyclic) bond motifs is 1. The minimum atomic E-state index is -1.31. The molecule has 4 rings (SSSR count). The third-order valence-electron chi connectivity index (χ3n) is 10.1. The number of hydrogen-bond acceptors (Lipinski definition) is 11. The van der Waals surface area contributed by atoms with Crippen LogP contribution in [0.1, 0.15) is 36.8 Å². The first kappa shape index (κ1) is 48.6. The van der Waals surface area contributed by atoms with Gasteiger partial charge in [0.05, 0.1) is 16.7 Å². The number of guanidine groups is 1. The van der Waals surface area contributed by atoms with Gasteiger partial charge >= 0.3 is 0 Å². The first-order valence-corrected chi connectivity index (χ1v) is 21.0. The summed E-state index contributed by atoms with van der Waals surface area (Å²) in [7, 11) is 2.90. The summed E-state index contributed by atoms with van der Waals surface area (Å²) in [5.41, 5.74) is 17.8. The molecule has 62 heavy (non-hydrogen) atoms. The molecule has 1 heterocycles. The zero-order valence-electron chi connectivity index (χ0n) is 34.5. The van der Waals surface area contributed by atoms with Crippen LogP contribution in [0.25, 0.3) is 10.8 Å². The number of nitrogens with one attached hydrogen (secondary N) is 7. The van der Waals surface area contributed by atoms with Crippen molar-refractivity contribution >= 4 is 80.7 Å². The molecule has 334 valence electrons. The van der Waals surface area contributed by atoms with Crippen molar-refractivity contribution < 1.29 is 38.7 Å². The second kappa shape index (κ2) is 23.8. The molecule has 20 nitrogen and oxygen atoms in total. The van der Waals surface area contributed by atoms with Gasteiger partial charge in [0.2, 0.25) is 35.4 Å². The van der Waals surface area contributed by atoms with E-state index in [1.807, 2.05) is 65.1 Å². The molecule has 14 N–H and O–H groups in total. The Morgan fingerprint density at radius 3 is 2.18 bits per heavy atom. The Kier molecular flexibility index (Phi) is 18.7. The lowest BCUT2D eigenvalue weighted by molar-refractivity contribution is -0.142. The number of nitrogens with zero attached hydrogens (tertiary/aromatic N) is 2. The maximum absolute atomic E-state index is 14.4. The largest absolute Gasteiger partial charge is 0.507 e. The third-order valence-corrected chi connectivity index (χ3v) is 10.9. The van der Waals surface area contributed by atoms with Gasteiger partial charge in [-0.2, -0.15) is 0 Å². The van der Waals surface area contributed by atoms with E-state index in [2.05, 4.69) is 42.2 Å². The van der Waals surface area contributed by atoms with Crippen LogP contribution in [-0.4, -0.2) is 128 Å². The van der Waals surface area contributed by atoms with E-state index >= 15 is 0 Å². The van der Waals surface area contributed by atoms with Gasteiger partial charge in [-0.05, 0) is 82.3 Å². The van der Waals surface area contributed by atoms with Gasteiger partial charge in [0, 0.05) is 40.0 Å². The third kappa shape index (κ3) is 14.8. The molecule has 0 spiro atoms. The van der Waals surface area contributed by atoms with Crippen LogP contribution in [0.15, 0.2) is 65.7 Å². The summed E-state index contributed by atoms with van der Waals surface area (Å²) < 4.78 is 0.502. The number of aliphatic imine (C=N–C) groups is 1. The normalized spacial score (nSPS) is 19.4. The molecule has 0 saturated carbocycles. The predicted molar refractivity (Wildman–Crippen MR) is 240 cm³/mol. The van der Waals surface area contributed by atoms with Gasteiger partial charge in [-0.15, -0.1) is 0 Å². The van der Waals surface area contributed by atoms with Gasteiger partial charge in [-0.3, -0.25) is 38.6 Å². The fraction of sp³-hybridized carbons (Fsp3) is 0.415. The van der Waals surface area contributed by atoms with Crippen LogP contribution in [0.5, 0.6) is 5.75 Å². The Hall–Kier alpha value is -6.07. The summed E-state index contributed by atoms with van der Waals surface area (Å²) >= 11 is 1.94. The summed E-state index contributed by atoms with van der Waals surface area (Å²) in [6.45, 7) is -0.628. The Balaban J connectivity index is 1.68. The van der Waals surface area contributed by atoms with Gasteiger partial charge in [0.1, 0.15) is 36.1 Å². The fourth-order valence-electron chi connectivity index (χ4n) is 6.64. The molecule has 1 saturated heterocycles. The molecule has 0 aromatic heterocycles. The number of amides is 7. The van der Waals surface area contributed by atoms with Crippen LogP contribution in [0.2, 0.25) is 0 Å². The van der Waals surface area contributed by atoms with Crippen LogP contribution in [0.4, 0.5) is 0 Å². The average Bonchev–Trinajstić information content (AvgIpc) is 3.25. The Labute approximate surface area is 372 Å². The van der Waals surface area contributed by atoms with Crippen molar-refractivity contribution in [3.05, 3.63) is 75.4 Å². The number of benzene rings is 3. The van der Waals surface area contributed by atoms with Gasteiger partial charge in [0.25, 0.3) is 5.91 Å². The second-order valence-electron chi connectivity index (χ2n) is 14.7. The van der Waals surface area contributed by atoms with Crippen molar-refractivity contribution in [2.75, 3.05) is 40.3 Å². The smallest absolute Gasteiger partial charge is 0.251 e. The standard InChI is InChI=1S/C41H55IN12O8/c1-46-41(45)48-16-5-9-28-37(59)53-29(19-23-11-13-25-7-3-4-8-26(25)17-23)36(58)49-22-34(57)51-30(20-24-12-14-32(55)27(42)18-24)40(62)54(2)31(38(60)52-28)10-6-15-47-33(56)21-50-39(61)35(43)44/h3-4,7-8,11-14,17-18,28-31,35,55H,5-6,9-10,15-16,19-22,43-44H2,1-2H3,(H,47,56)(H,49,58)(H,50,61)(H,51,57)(H,52,60)(H,53,59)(H3,45,46,48)/t28-,29-,30+,31+/m0/s1. The highest BCUT2D eigenvalue weighted by Crippen LogP contribution is 2.22. The molecule has 21 heteroatoms. The van der Waals surface area contributed by atoms with E-state index in [1.165, 1.54) is 25.1 Å². The number of nitrogens with two attached hydrogens (primary N) is 3. The molecule has 0 unspecified atom stereocenters. The monoisotopic (exact) mass is 970 g/mol. The quantitative estimate of drug-likeness (QED) is 0.0257. The van der Waals surface area contributed by atoms with Crippen molar-refractivity contribution in [1.29, 1.82) is 0 Å². The van der Waals surface area contributed by atoms with E-state index < -0.39 is 84.8 Å². The molecule has 1 aliphatic heterocycles. The summed E-state index contributed by atoms with van der Waals surface area (Å²) in [6.07, 6.45) is -0.788. The van der Waals surface area contributed by atoms with Gasteiger partial charge < -0.3 is 64.4 Å². The molecule has 4 atom stereocenters. The average molecular weight is 971 g/mol. The van der Waals surface area contributed by atoms with E-state index in [0.717, 1.165) is 16.3 Å². The number of phenols is 1. The predicted octanol–water partition coefficient (Wildman–Crippen LogP) is -2.08. The Morgan fingerprint density at radius 2 is 1.47 bits per heavy atom. The first-order valence-electron chi connectivity index (χ1n) is 20.0. The van der Waals surface area contributed by atoms with Crippen molar-refractivity contribution in [2.24, 2.45) is 22.2 Å². The molecule has 0 bridgehead atoms. The van der Waals surface area contributed by atoms with Crippen LogP contribution in [0, 0.1) is 3.57 Å². The molecule has 0 radical (unpaired) electrons. The maximum Gasteiger partial charge on any atom is 0.251 e. The highest BCUT2D eigenvalue weighted by atomic mass is 127. The molecular formula is C41H55IN12O8. The van der Waals surface area contributed by atoms with Crippen LogP contribution >= 0.6 is 22.6 Å². The van der Waals surface area contributed by atoms with Crippen LogP contribution in [-0.2, 0) is 46.4 Å². The number of likely N-dealkylation sites (N-methyl/N-ethyl adjacent to an activating group) is 1. The second-order valence-corrected chi connectivity index (χ2v) is 15.9. The van der Waals surface area contributed by atoms with Crippen LogP contribution < -0.4 is 54.4 Å². The van der Waals surface area contributed by atoms with Crippen molar-refractivity contribution in [1.82, 2.24) is 42.1 Å². The zero-order chi connectivity index (χ0) is 45.3. The van der Waals surface area contributed by atoms with E-state index in [9.17, 15) is 38.7 Å². The lowest BCUT2D eigenvalue weighted by atomic mass is 10.00. The lowest BCUT2D eigenvalue weighted by Gasteiger charge is -2.32. The van der Waals surface area contributed by atoms with Gasteiger partial charge in [0.15, 0.2) is 5.96 Å². The molecule has 3 aromatic carbocycles.